The fourth-order valence-corrected chi connectivity index (χ4v) is 2.20. The van der Waals surface area contributed by atoms with Crippen LogP contribution >= 0.6 is 15.9 Å². The van der Waals surface area contributed by atoms with Crippen LogP contribution in [0.1, 0.15) is 18.4 Å². The van der Waals surface area contributed by atoms with Gasteiger partial charge in [-0.15, -0.1) is 0 Å². The van der Waals surface area contributed by atoms with E-state index in [-0.39, 0.29) is 17.8 Å². The first-order chi connectivity index (χ1) is 7.15. The molecule has 1 aromatic carbocycles. The second kappa shape index (κ2) is 4.31. The van der Waals surface area contributed by atoms with E-state index in [1.54, 1.807) is 12.1 Å². The lowest BCUT2D eigenvalue weighted by Crippen LogP contribution is -2.27. The fraction of sp³-hybridized carbons (Fsp3) is 0.364. The van der Waals surface area contributed by atoms with E-state index < -0.39 is 0 Å². The predicted molar refractivity (Wildman–Crippen MR) is 59.0 cm³/mol. The highest BCUT2D eigenvalue weighted by molar-refractivity contribution is 9.10. The summed E-state index contributed by atoms with van der Waals surface area (Å²) in [5.74, 6) is -0.144. The Bertz CT molecular complexity index is 394. The molecule has 0 bridgehead atoms. The van der Waals surface area contributed by atoms with Crippen molar-refractivity contribution < 1.29 is 9.18 Å². The highest BCUT2D eigenvalue weighted by atomic mass is 79.9. The summed E-state index contributed by atoms with van der Waals surface area (Å²) in [4.78, 5) is 11.0. The van der Waals surface area contributed by atoms with Gasteiger partial charge in [0, 0.05) is 16.9 Å². The van der Waals surface area contributed by atoms with Gasteiger partial charge in [0.2, 0.25) is 5.91 Å². The van der Waals surface area contributed by atoms with Gasteiger partial charge in [-0.1, -0.05) is 15.9 Å². The summed E-state index contributed by atoms with van der Waals surface area (Å²) >= 11 is 3.30. The average Bonchev–Trinajstić information content (AvgIpc) is 2.58. The maximum atomic E-state index is 13.4. The van der Waals surface area contributed by atoms with Crippen LogP contribution in [-0.4, -0.2) is 11.9 Å². The Morgan fingerprint density at radius 3 is 3.00 bits per heavy atom. The van der Waals surface area contributed by atoms with Crippen LogP contribution in [0.3, 0.4) is 0 Å². The molecule has 0 aromatic heterocycles. The molecule has 1 fully saturated rings. The maximum Gasteiger partial charge on any atom is 0.220 e. The quantitative estimate of drug-likeness (QED) is 0.880. The van der Waals surface area contributed by atoms with Gasteiger partial charge in [-0.2, -0.15) is 0 Å². The molecule has 1 saturated heterocycles. The van der Waals surface area contributed by atoms with Crippen LogP contribution in [-0.2, 0) is 11.2 Å². The molecule has 0 saturated carbocycles. The standard InChI is InChI=1S/C11H11BrFNO/c12-8-1-3-10(13)7(5-8)6-9-2-4-11(15)14-9/h1,3,5,9H,2,4,6H2,(H,14,15). The Hall–Kier alpha value is -0.900. The number of carbonyl (C=O) groups excluding carboxylic acids is 1. The molecule has 2 nitrogen and oxygen atoms in total. The number of amides is 1. The fourth-order valence-electron chi connectivity index (χ4n) is 1.80. The monoisotopic (exact) mass is 271 g/mol. The normalized spacial score (nSPS) is 20.4. The van der Waals surface area contributed by atoms with Crippen molar-refractivity contribution in [3.63, 3.8) is 0 Å². The van der Waals surface area contributed by atoms with Crippen molar-refractivity contribution in [3.05, 3.63) is 34.1 Å². The van der Waals surface area contributed by atoms with Crippen LogP contribution in [0, 0.1) is 5.82 Å². The van der Waals surface area contributed by atoms with Crippen molar-refractivity contribution in [2.45, 2.75) is 25.3 Å². The molecule has 0 radical (unpaired) electrons. The van der Waals surface area contributed by atoms with E-state index in [2.05, 4.69) is 21.2 Å². The van der Waals surface area contributed by atoms with E-state index in [9.17, 15) is 9.18 Å². The molecular formula is C11H11BrFNO. The van der Waals surface area contributed by atoms with Gasteiger partial charge < -0.3 is 5.32 Å². The number of rotatable bonds is 2. The smallest absolute Gasteiger partial charge is 0.220 e. The lowest BCUT2D eigenvalue weighted by Gasteiger charge is -2.10. The Morgan fingerprint density at radius 1 is 1.53 bits per heavy atom. The van der Waals surface area contributed by atoms with E-state index in [0.717, 1.165) is 10.9 Å². The number of halogens is 2. The van der Waals surface area contributed by atoms with Gasteiger partial charge in [0.15, 0.2) is 0 Å². The van der Waals surface area contributed by atoms with E-state index in [1.807, 2.05) is 0 Å². The highest BCUT2D eigenvalue weighted by Crippen LogP contribution is 2.19. The van der Waals surface area contributed by atoms with Gasteiger partial charge in [0.25, 0.3) is 0 Å². The largest absolute Gasteiger partial charge is 0.353 e. The molecular weight excluding hydrogens is 261 g/mol. The van der Waals surface area contributed by atoms with Gasteiger partial charge in [0.05, 0.1) is 0 Å². The Balaban J connectivity index is 2.10. The summed E-state index contributed by atoms with van der Waals surface area (Å²) in [6, 6.07) is 4.96. The molecule has 2 rings (SSSR count). The molecule has 0 aliphatic carbocycles. The summed E-state index contributed by atoms with van der Waals surface area (Å²) in [7, 11) is 0. The molecule has 1 unspecified atom stereocenters. The second-order valence-electron chi connectivity index (χ2n) is 3.74. The van der Waals surface area contributed by atoms with Crippen LogP contribution < -0.4 is 5.32 Å². The maximum absolute atomic E-state index is 13.4. The molecule has 1 N–H and O–H groups in total. The Labute approximate surface area is 96.0 Å². The minimum Gasteiger partial charge on any atom is -0.353 e. The average molecular weight is 272 g/mol. The molecule has 1 heterocycles. The van der Waals surface area contributed by atoms with Gasteiger partial charge in [-0.05, 0) is 36.6 Å². The number of carbonyl (C=O) groups is 1. The van der Waals surface area contributed by atoms with E-state index in [0.29, 0.717) is 18.4 Å². The molecule has 1 aliphatic heterocycles. The Morgan fingerprint density at radius 2 is 2.33 bits per heavy atom. The van der Waals surface area contributed by atoms with Gasteiger partial charge >= 0.3 is 0 Å². The zero-order chi connectivity index (χ0) is 10.8. The predicted octanol–water partition coefficient (Wildman–Crippen LogP) is 2.41. The van der Waals surface area contributed by atoms with E-state index in [4.69, 9.17) is 0 Å². The summed E-state index contributed by atoms with van der Waals surface area (Å²) in [6.45, 7) is 0. The van der Waals surface area contributed by atoms with Crippen molar-refractivity contribution in [2.75, 3.05) is 0 Å². The molecule has 1 atom stereocenters. The minimum atomic E-state index is -0.209. The highest BCUT2D eigenvalue weighted by Gasteiger charge is 2.21. The third-order valence-electron chi connectivity index (χ3n) is 2.56. The van der Waals surface area contributed by atoms with E-state index >= 15 is 0 Å². The second-order valence-corrected chi connectivity index (χ2v) is 4.66. The summed E-state index contributed by atoms with van der Waals surface area (Å²) < 4.78 is 14.3. The van der Waals surface area contributed by atoms with Crippen molar-refractivity contribution >= 4 is 21.8 Å². The first-order valence-electron chi connectivity index (χ1n) is 4.88. The number of hydrogen-bond donors (Lipinski definition) is 1. The third kappa shape index (κ3) is 2.56. The van der Waals surface area contributed by atoms with Crippen LogP contribution in [0.2, 0.25) is 0 Å². The van der Waals surface area contributed by atoms with Crippen molar-refractivity contribution in [1.29, 1.82) is 0 Å². The molecule has 4 heteroatoms. The lowest BCUT2D eigenvalue weighted by molar-refractivity contribution is -0.119. The van der Waals surface area contributed by atoms with Crippen molar-refractivity contribution in [2.24, 2.45) is 0 Å². The van der Waals surface area contributed by atoms with E-state index in [1.165, 1.54) is 6.07 Å². The van der Waals surface area contributed by atoms with Gasteiger partial charge in [-0.3, -0.25) is 4.79 Å². The molecule has 1 aliphatic rings. The molecule has 0 spiro atoms. The van der Waals surface area contributed by atoms with Crippen molar-refractivity contribution in [1.82, 2.24) is 5.32 Å². The number of benzene rings is 1. The van der Waals surface area contributed by atoms with Crippen LogP contribution in [0.4, 0.5) is 4.39 Å². The molecule has 1 aromatic rings. The first kappa shape index (κ1) is 10.6. The first-order valence-corrected chi connectivity index (χ1v) is 5.68. The van der Waals surface area contributed by atoms with Crippen LogP contribution in [0.25, 0.3) is 0 Å². The number of hydrogen-bond acceptors (Lipinski definition) is 1. The zero-order valence-electron chi connectivity index (χ0n) is 8.09. The van der Waals surface area contributed by atoms with Crippen LogP contribution in [0.5, 0.6) is 0 Å². The topological polar surface area (TPSA) is 29.1 Å². The Kier molecular flexibility index (Phi) is 3.05. The number of nitrogens with one attached hydrogen (secondary N) is 1. The lowest BCUT2D eigenvalue weighted by atomic mass is 10.0. The zero-order valence-corrected chi connectivity index (χ0v) is 9.68. The van der Waals surface area contributed by atoms with Gasteiger partial charge in [-0.25, -0.2) is 4.39 Å². The van der Waals surface area contributed by atoms with Gasteiger partial charge in [0.1, 0.15) is 5.82 Å². The third-order valence-corrected chi connectivity index (χ3v) is 3.05. The minimum absolute atomic E-state index is 0.0652. The summed E-state index contributed by atoms with van der Waals surface area (Å²) in [5, 5.41) is 2.83. The summed E-state index contributed by atoms with van der Waals surface area (Å²) in [6.07, 6.45) is 1.92. The molecule has 80 valence electrons. The summed E-state index contributed by atoms with van der Waals surface area (Å²) in [5.41, 5.74) is 0.650. The van der Waals surface area contributed by atoms with Crippen molar-refractivity contribution in [3.8, 4) is 0 Å². The molecule has 15 heavy (non-hydrogen) atoms. The van der Waals surface area contributed by atoms with Crippen LogP contribution in [0.15, 0.2) is 22.7 Å². The SMILES string of the molecule is O=C1CCC(Cc2cc(Br)ccc2F)N1. The molecule has 1 amide bonds.